The Hall–Kier alpha value is -2.40. The highest BCUT2D eigenvalue weighted by Gasteiger charge is 2.46. The fourth-order valence-electron chi connectivity index (χ4n) is 3.84. The Kier molecular flexibility index (Phi) is 6.58. The lowest BCUT2D eigenvalue weighted by Gasteiger charge is -2.26. The summed E-state index contributed by atoms with van der Waals surface area (Å²) in [6, 6.07) is 9.70. The van der Waals surface area contributed by atoms with Gasteiger partial charge in [0.25, 0.3) is 0 Å². The van der Waals surface area contributed by atoms with Crippen LogP contribution in [0.1, 0.15) is 43.7 Å². The lowest BCUT2D eigenvalue weighted by Crippen LogP contribution is -2.42. The number of hydrogen-bond acceptors (Lipinski definition) is 4. The number of rotatable bonds is 6. The van der Waals surface area contributed by atoms with Crippen molar-refractivity contribution < 1.29 is 23.5 Å². The summed E-state index contributed by atoms with van der Waals surface area (Å²) in [4.78, 5) is 25.1. The average Bonchev–Trinajstić information content (AvgIpc) is 3.16. The van der Waals surface area contributed by atoms with E-state index in [1.54, 1.807) is 25.1 Å². The SMILES string of the molecule is CCOC(=O)C1(OC(=O)Cc2c(Cl)ccc(-c3ccc(F)cc3)c2C)CCCC1. The molecule has 0 amide bonds. The van der Waals surface area contributed by atoms with Crippen LogP contribution in [-0.4, -0.2) is 24.1 Å². The highest BCUT2D eigenvalue weighted by atomic mass is 35.5. The van der Waals surface area contributed by atoms with Crippen LogP contribution >= 0.6 is 11.6 Å². The fraction of sp³-hybridized carbons (Fsp3) is 0.391. The van der Waals surface area contributed by atoms with Gasteiger partial charge in [-0.1, -0.05) is 29.8 Å². The van der Waals surface area contributed by atoms with Gasteiger partial charge in [0.15, 0.2) is 0 Å². The predicted molar refractivity (Wildman–Crippen MR) is 109 cm³/mol. The lowest BCUT2D eigenvalue weighted by atomic mass is 9.94. The van der Waals surface area contributed by atoms with Gasteiger partial charge >= 0.3 is 11.9 Å². The summed E-state index contributed by atoms with van der Waals surface area (Å²) >= 11 is 6.36. The second-order valence-electron chi connectivity index (χ2n) is 7.28. The Balaban J connectivity index is 1.84. The average molecular weight is 419 g/mol. The van der Waals surface area contributed by atoms with Crippen molar-refractivity contribution in [2.45, 2.75) is 51.6 Å². The molecule has 0 heterocycles. The van der Waals surface area contributed by atoms with Crippen LogP contribution in [0.25, 0.3) is 11.1 Å². The Morgan fingerprint density at radius 2 is 1.76 bits per heavy atom. The lowest BCUT2D eigenvalue weighted by molar-refractivity contribution is -0.181. The molecule has 2 aromatic carbocycles. The van der Waals surface area contributed by atoms with E-state index in [9.17, 15) is 14.0 Å². The maximum Gasteiger partial charge on any atom is 0.350 e. The Morgan fingerprint density at radius 1 is 1.10 bits per heavy atom. The van der Waals surface area contributed by atoms with E-state index in [-0.39, 0.29) is 18.8 Å². The molecular weight excluding hydrogens is 395 g/mol. The van der Waals surface area contributed by atoms with E-state index >= 15 is 0 Å². The first-order chi connectivity index (χ1) is 13.9. The fourth-order valence-corrected chi connectivity index (χ4v) is 4.11. The van der Waals surface area contributed by atoms with E-state index in [2.05, 4.69) is 0 Å². The molecule has 0 radical (unpaired) electrons. The number of carbonyl (C=O) groups is 2. The molecular formula is C23H24ClFO4. The van der Waals surface area contributed by atoms with Crippen molar-refractivity contribution in [2.24, 2.45) is 0 Å². The normalized spacial score (nSPS) is 15.2. The van der Waals surface area contributed by atoms with Crippen molar-refractivity contribution in [3.63, 3.8) is 0 Å². The van der Waals surface area contributed by atoms with E-state index in [0.29, 0.717) is 23.4 Å². The zero-order valence-corrected chi connectivity index (χ0v) is 17.4. The van der Waals surface area contributed by atoms with Gasteiger partial charge in [0.1, 0.15) is 5.82 Å². The summed E-state index contributed by atoms with van der Waals surface area (Å²) in [7, 11) is 0. The third-order valence-corrected chi connectivity index (χ3v) is 5.74. The number of esters is 2. The molecule has 1 fully saturated rings. The molecule has 0 spiro atoms. The first-order valence-corrected chi connectivity index (χ1v) is 10.2. The second-order valence-corrected chi connectivity index (χ2v) is 7.69. The Labute approximate surface area is 175 Å². The monoisotopic (exact) mass is 418 g/mol. The summed E-state index contributed by atoms with van der Waals surface area (Å²) in [5.41, 5.74) is 1.95. The molecule has 4 nitrogen and oxygen atoms in total. The molecule has 0 saturated heterocycles. The van der Waals surface area contributed by atoms with Crippen molar-refractivity contribution >= 4 is 23.5 Å². The minimum absolute atomic E-state index is 0.0547. The van der Waals surface area contributed by atoms with Crippen LogP contribution in [0.3, 0.4) is 0 Å². The molecule has 0 atom stereocenters. The third kappa shape index (κ3) is 4.61. The number of ether oxygens (including phenoxy) is 2. The summed E-state index contributed by atoms with van der Waals surface area (Å²) in [5.74, 6) is -1.31. The highest BCUT2D eigenvalue weighted by molar-refractivity contribution is 6.31. The van der Waals surface area contributed by atoms with E-state index in [0.717, 1.165) is 29.5 Å². The van der Waals surface area contributed by atoms with E-state index in [1.165, 1.54) is 12.1 Å². The molecule has 0 N–H and O–H groups in total. The Bertz CT molecular complexity index is 902. The zero-order chi connectivity index (χ0) is 21.0. The topological polar surface area (TPSA) is 52.6 Å². The van der Waals surface area contributed by atoms with Crippen LogP contribution in [0.5, 0.6) is 0 Å². The number of halogens is 2. The maximum atomic E-state index is 13.2. The van der Waals surface area contributed by atoms with Crippen molar-refractivity contribution in [2.75, 3.05) is 6.61 Å². The van der Waals surface area contributed by atoms with Crippen molar-refractivity contribution in [1.29, 1.82) is 0 Å². The van der Waals surface area contributed by atoms with Gasteiger partial charge in [0, 0.05) is 5.02 Å². The van der Waals surface area contributed by atoms with Gasteiger partial charge in [0.05, 0.1) is 13.0 Å². The van der Waals surface area contributed by atoms with E-state index < -0.39 is 17.5 Å². The molecule has 6 heteroatoms. The van der Waals surface area contributed by atoms with E-state index in [4.69, 9.17) is 21.1 Å². The van der Waals surface area contributed by atoms with Gasteiger partial charge in [-0.2, -0.15) is 0 Å². The van der Waals surface area contributed by atoms with Crippen LogP contribution in [-0.2, 0) is 25.5 Å². The smallest absolute Gasteiger partial charge is 0.350 e. The quantitative estimate of drug-likeness (QED) is 0.588. The van der Waals surface area contributed by atoms with Gasteiger partial charge in [-0.3, -0.25) is 4.79 Å². The van der Waals surface area contributed by atoms with Gasteiger partial charge < -0.3 is 9.47 Å². The van der Waals surface area contributed by atoms with Crippen molar-refractivity contribution in [3.05, 3.63) is 58.4 Å². The molecule has 0 aromatic heterocycles. The highest BCUT2D eigenvalue weighted by Crippen LogP contribution is 2.36. The molecule has 1 aliphatic rings. The molecule has 0 unspecified atom stereocenters. The van der Waals surface area contributed by atoms with Crippen LogP contribution in [0.2, 0.25) is 5.02 Å². The molecule has 3 rings (SSSR count). The molecule has 2 aromatic rings. The molecule has 0 aliphatic heterocycles. The van der Waals surface area contributed by atoms with Crippen molar-refractivity contribution in [1.82, 2.24) is 0 Å². The molecule has 1 aliphatic carbocycles. The summed E-state index contributed by atoms with van der Waals surface area (Å²) < 4.78 is 24.1. The second kappa shape index (κ2) is 8.95. The molecule has 0 bridgehead atoms. The van der Waals surface area contributed by atoms with Gasteiger partial charge in [-0.05, 0) is 80.0 Å². The number of benzene rings is 2. The maximum absolute atomic E-state index is 13.2. The van der Waals surface area contributed by atoms with Gasteiger partial charge in [-0.25, -0.2) is 9.18 Å². The molecule has 154 valence electrons. The first-order valence-electron chi connectivity index (χ1n) is 9.79. The van der Waals surface area contributed by atoms with Crippen molar-refractivity contribution in [3.8, 4) is 11.1 Å². The number of hydrogen-bond donors (Lipinski definition) is 0. The van der Waals surface area contributed by atoms with E-state index in [1.807, 2.05) is 13.0 Å². The molecule has 29 heavy (non-hydrogen) atoms. The minimum atomic E-state index is -1.19. The minimum Gasteiger partial charge on any atom is -0.463 e. The van der Waals surface area contributed by atoms with Crippen LogP contribution < -0.4 is 0 Å². The molecule has 1 saturated carbocycles. The third-order valence-electron chi connectivity index (χ3n) is 5.39. The van der Waals surface area contributed by atoms with Gasteiger partial charge in [-0.15, -0.1) is 0 Å². The summed E-state index contributed by atoms with van der Waals surface area (Å²) in [6.07, 6.45) is 2.51. The Morgan fingerprint density at radius 3 is 2.38 bits per heavy atom. The summed E-state index contributed by atoms with van der Waals surface area (Å²) in [5, 5.41) is 0.446. The summed E-state index contributed by atoms with van der Waals surface area (Å²) in [6.45, 7) is 3.83. The number of carbonyl (C=O) groups excluding carboxylic acids is 2. The van der Waals surface area contributed by atoms with Crippen LogP contribution in [0, 0.1) is 12.7 Å². The largest absolute Gasteiger partial charge is 0.463 e. The zero-order valence-electron chi connectivity index (χ0n) is 16.6. The van der Waals surface area contributed by atoms with Crippen LogP contribution in [0.15, 0.2) is 36.4 Å². The standard InChI is InChI=1S/C23H24ClFO4/c1-3-28-22(27)23(12-4-5-13-23)29-21(26)14-19-15(2)18(10-11-20(19)24)16-6-8-17(25)9-7-16/h6-11H,3-5,12-14H2,1-2H3. The van der Waals surface area contributed by atoms with Crippen LogP contribution in [0.4, 0.5) is 4.39 Å². The van der Waals surface area contributed by atoms with Gasteiger partial charge in [0.2, 0.25) is 5.60 Å². The predicted octanol–water partition coefficient (Wildman–Crippen LogP) is 5.42. The first kappa shape index (κ1) is 21.3.